The van der Waals surface area contributed by atoms with Crippen LogP contribution in [0.5, 0.6) is 0 Å². The quantitative estimate of drug-likeness (QED) is 0.582. The van der Waals surface area contributed by atoms with Crippen molar-refractivity contribution in [2.75, 3.05) is 13.7 Å². The largest absolute Gasteiger partial charge is 0.384 e. The van der Waals surface area contributed by atoms with E-state index in [1.807, 2.05) is 0 Å². The number of carbonyl (C=O) groups excluding carboxylic acids is 1. The first-order valence-corrected chi connectivity index (χ1v) is 4.28. The summed E-state index contributed by atoms with van der Waals surface area (Å²) in [6, 6.07) is 0. The predicted octanol–water partition coefficient (Wildman–Crippen LogP) is 1.78. The summed E-state index contributed by atoms with van der Waals surface area (Å²) in [5, 5.41) is 0. The molecular formula is C9H16O2. The van der Waals surface area contributed by atoms with Crippen molar-refractivity contribution in [3.63, 3.8) is 0 Å². The second-order valence-electron chi connectivity index (χ2n) is 3.47. The smallest absolute Gasteiger partial charge is 0.128 e. The Labute approximate surface area is 67.9 Å². The zero-order valence-electron chi connectivity index (χ0n) is 7.14. The van der Waals surface area contributed by atoms with Crippen LogP contribution < -0.4 is 0 Å². The molecule has 0 aliphatic heterocycles. The third kappa shape index (κ3) is 2.03. The Morgan fingerprint density at radius 3 is 2.45 bits per heavy atom. The number of ether oxygens (including phenoxy) is 1. The summed E-state index contributed by atoms with van der Waals surface area (Å²) < 4.78 is 5.04. The Balaban J connectivity index is 2.49. The van der Waals surface area contributed by atoms with Gasteiger partial charge in [-0.3, -0.25) is 0 Å². The van der Waals surface area contributed by atoms with Crippen LogP contribution in [-0.2, 0) is 9.53 Å². The van der Waals surface area contributed by atoms with Gasteiger partial charge in [0.05, 0.1) is 6.61 Å². The Morgan fingerprint density at radius 2 is 2.00 bits per heavy atom. The monoisotopic (exact) mass is 156 g/mol. The van der Waals surface area contributed by atoms with E-state index < -0.39 is 0 Å². The van der Waals surface area contributed by atoms with Gasteiger partial charge in [0.15, 0.2) is 0 Å². The van der Waals surface area contributed by atoms with Crippen molar-refractivity contribution in [3.05, 3.63) is 0 Å². The molecule has 0 bridgehead atoms. The van der Waals surface area contributed by atoms with Crippen molar-refractivity contribution in [3.8, 4) is 0 Å². The molecule has 0 unspecified atom stereocenters. The lowest BCUT2D eigenvalue weighted by Gasteiger charge is -2.30. The van der Waals surface area contributed by atoms with Crippen LogP contribution in [0.3, 0.4) is 0 Å². The second-order valence-corrected chi connectivity index (χ2v) is 3.47. The van der Waals surface area contributed by atoms with Crippen LogP contribution in [0.4, 0.5) is 0 Å². The van der Waals surface area contributed by atoms with Gasteiger partial charge in [-0.25, -0.2) is 0 Å². The average molecular weight is 156 g/mol. The van der Waals surface area contributed by atoms with Gasteiger partial charge in [0.1, 0.15) is 6.29 Å². The number of aldehydes is 1. The molecule has 0 atom stereocenters. The molecule has 2 nitrogen and oxygen atoms in total. The van der Waals surface area contributed by atoms with Gasteiger partial charge in [0, 0.05) is 12.5 Å². The van der Waals surface area contributed by atoms with Crippen molar-refractivity contribution < 1.29 is 9.53 Å². The molecule has 0 N–H and O–H groups in total. The normalized spacial score (nSPS) is 23.0. The molecule has 1 saturated carbocycles. The maximum absolute atomic E-state index is 10.8. The minimum atomic E-state index is -0.132. The molecule has 0 radical (unpaired) electrons. The zero-order chi connectivity index (χ0) is 8.16. The van der Waals surface area contributed by atoms with E-state index in [1.165, 1.54) is 19.3 Å². The van der Waals surface area contributed by atoms with Crippen LogP contribution in [0.2, 0.25) is 0 Å². The summed E-state index contributed by atoms with van der Waals surface area (Å²) >= 11 is 0. The first-order valence-electron chi connectivity index (χ1n) is 4.28. The highest BCUT2D eigenvalue weighted by molar-refractivity contribution is 5.59. The molecule has 0 amide bonds. The summed E-state index contributed by atoms with van der Waals surface area (Å²) in [6.07, 6.45) is 6.77. The molecule has 0 aromatic heterocycles. The molecule has 0 saturated heterocycles. The van der Waals surface area contributed by atoms with Crippen LogP contribution in [0.1, 0.15) is 32.1 Å². The summed E-state index contributed by atoms with van der Waals surface area (Å²) in [6.45, 7) is 0.608. The maximum Gasteiger partial charge on any atom is 0.128 e. The molecule has 1 rings (SSSR count). The lowest BCUT2D eigenvalue weighted by atomic mass is 9.76. The second kappa shape index (κ2) is 3.86. The Morgan fingerprint density at radius 1 is 1.36 bits per heavy atom. The molecule has 0 aromatic carbocycles. The minimum Gasteiger partial charge on any atom is -0.384 e. The van der Waals surface area contributed by atoms with Crippen LogP contribution in [0.15, 0.2) is 0 Å². The average Bonchev–Trinajstić information content (AvgIpc) is 2.07. The highest BCUT2D eigenvalue weighted by Crippen LogP contribution is 2.34. The van der Waals surface area contributed by atoms with Crippen molar-refractivity contribution in [1.82, 2.24) is 0 Å². The first-order chi connectivity index (χ1) is 5.33. The molecule has 1 fully saturated rings. The molecule has 2 heteroatoms. The zero-order valence-corrected chi connectivity index (χ0v) is 7.14. The fraction of sp³-hybridized carbons (Fsp3) is 0.889. The molecule has 1 aliphatic rings. The van der Waals surface area contributed by atoms with E-state index in [9.17, 15) is 4.79 Å². The molecular weight excluding hydrogens is 140 g/mol. The standard InChI is InChI=1S/C9H16O2/c1-11-8-9(7-10)5-3-2-4-6-9/h7H,2-6,8H2,1H3. The van der Waals surface area contributed by atoms with Gasteiger partial charge < -0.3 is 9.53 Å². The maximum atomic E-state index is 10.8. The fourth-order valence-electron chi connectivity index (χ4n) is 1.84. The van der Waals surface area contributed by atoms with Crippen molar-refractivity contribution in [2.45, 2.75) is 32.1 Å². The Hall–Kier alpha value is -0.370. The van der Waals surface area contributed by atoms with Crippen molar-refractivity contribution in [2.24, 2.45) is 5.41 Å². The molecule has 0 heterocycles. The fourth-order valence-corrected chi connectivity index (χ4v) is 1.84. The van der Waals surface area contributed by atoms with Gasteiger partial charge >= 0.3 is 0 Å². The van der Waals surface area contributed by atoms with E-state index in [4.69, 9.17) is 4.74 Å². The van der Waals surface area contributed by atoms with Gasteiger partial charge in [0.25, 0.3) is 0 Å². The summed E-state index contributed by atoms with van der Waals surface area (Å²) in [5.41, 5.74) is -0.132. The number of hydrogen-bond acceptors (Lipinski definition) is 2. The van der Waals surface area contributed by atoms with Crippen molar-refractivity contribution in [1.29, 1.82) is 0 Å². The third-order valence-electron chi connectivity index (χ3n) is 2.53. The molecule has 0 aromatic rings. The molecule has 0 spiro atoms. The number of hydrogen-bond donors (Lipinski definition) is 0. The highest BCUT2D eigenvalue weighted by Gasteiger charge is 2.31. The van der Waals surface area contributed by atoms with E-state index in [2.05, 4.69) is 0 Å². The molecule has 11 heavy (non-hydrogen) atoms. The van der Waals surface area contributed by atoms with Crippen molar-refractivity contribution >= 4 is 6.29 Å². The summed E-state index contributed by atoms with van der Waals surface area (Å²) in [4.78, 5) is 10.8. The molecule has 1 aliphatic carbocycles. The number of carbonyl (C=O) groups is 1. The van der Waals surface area contributed by atoms with E-state index >= 15 is 0 Å². The Kier molecular flexibility index (Phi) is 3.06. The van der Waals surface area contributed by atoms with E-state index in [-0.39, 0.29) is 5.41 Å². The van der Waals surface area contributed by atoms with E-state index in [0.717, 1.165) is 19.1 Å². The first kappa shape index (κ1) is 8.72. The van der Waals surface area contributed by atoms with Crippen LogP contribution in [-0.4, -0.2) is 20.0 Å². The van der Waals surface area contributed by atoms with Crippen LogP contribution in [0, 0.1) is 5.41 Å². The van der Waals surface area contributed by atoms with Gasteiger partial charge in [-0.15, -0.1) is 0 Å². The SMILES string of the molecule is COCC1(C=O)CCCCC1. The lowest BCUT2D eigenvalue weighted by Crippen LogP contribution is -2.30. The third-order valence-corrected chi connectivity index (χ3v) is 2.53. The topological polar surface area (TPSA) is 26.3 Å². The van der Waals surface area contributed by atoms with Crippen LogP contribution >= 0.6 is 0 Å². The van der Waals surface area contributed by atoms with E-state index in [0.29, 0.717) is 6.61 Å². The van der Waals surface area contributed by atoms with E-state index in [1.54, 1.807) is 7.11 Å². The molecule has 64 valence electrons. The lowest BCUT2D eigenvalue weighted by molar-refractivity contribution is -0.121. The van der Waals surface area contributed by atoms with Gasteiger partial charge in [-0.05, 0) is 12.8 Å². The van der Waals surface area contributed by atoms with Gasteiger partial charge in [-0.2, -0.15) is 0 Å². The van der Waals surface area contributed by atoms with Crippen LogP contribution in [0.25, 0.3) is 0 Å². The highest BCUT2D eigenvalue weighted by atomic mass is 16.5. The van der Waals surface area contributed by atoms with Gasteiger partial charge in [0.2, 0.25) is 0 Å². The van der Waals surface area contributed by atoms with Gasteiger partial charge in [-0.1, -0.05) is 19.3 Å². The summed E-state index contributed by atoms with van der Waals surface area (Å²) in [5.74, 6) is 0. The summed E-state index contributed by atoms with van der Waals surface area (Å²) in [7, 11) is 1.67. The predicted molar refractivity (Wildman–Crippen MR) is 43.5 cm³/mol. The number of rotatable bonds is 3. The number of methoxy groups -OCH3 is 1. The Bertz CT molecular complexity index is 120. The minimum absolute atomic E-state index is 0.132.